The summed E-state index contributed by atoms with van der Waals surface area (Å²) in [5.74, 6) is 0.278. The zero-order valence-electron chi connectivity index (χ0n) is 15.5. The molecule has 0 aliphatic rings. The molecular weight excluding hydrogens is 364 g/mol. The highest BCUT2D eigenvalue weighted by Crippen LogP contribution is 2.47. The van der Waals surface area contributed by atoms with Gasteiger partial charge in [-0.1, -0.05) is 27.7 Å². The molecule has 0 aromatic carbocycles. The lowest BCUT2D eigenvalue weighted by Crippen LogP contribution is -2.05. The van der Waals surface area contributed by atoms with Crippen LogP contribution in [0.3, 0.4) is 0 Å². The molecule has 0 saturated carbocycles. The molecule has 0 spiro atoms. The minimum absolute atomic E-state index is 0.139. The third-order valence-corrected chi connectivity index (χ3v) is 5.57. The van der Waals surface area contributed by atoms with Gasteiger partial charge in [0, 0.05) is 0 Å². The molecule has 9 heteroatoms. The van der Waals surface area contributed by atoms with Crippen molar-refractivity contribution < 1.29 is 28.0 Å². The standard InChI is InChI=1S/C16H29NO6P2/c1-12(2)8-22-24(18,19)10-15-6-14(5)7-16(17-15)11-25(20,21)23-9-13(3)4/h6-7,12-13H,8-11H2,1-5H3,(H,18,19)(H,20,21). The number of aromatic nitrogens is 1. The third-order valence-electron chi connectivity index (χ3n) is 3.02. The Labute approximate surface area is 149 Å². The maximum Gasteiger partial charge on any atom is 0.334 e. The van der Waals surface area contributed by atoms with E-state index in [1.165, 1.54) is 0 Å². The van der Waals surface area contributed by atoms with Gasteiger partial charge in [-0.25, -0.2) is 0 Å². The minimum atomic E-state index is -3.81. The molecule has 0 amide bonds. The fraction of sp³-hybridized carbons (Fsp3) is 0.688. The molecule has 2 atom stereocenters. The van der Waals surface area contributed by atoms with Crippen molar-refractivity contribution in [3.8, 4) is 0 Å². The van der Waals surface area contributed by atoms with Crippen molar-refractivity contribution in [2.24, 2.45) is 11.8 Å². The summed E-state index contributed by atoms with van der Waals surface area (Å²) in [6.45, 7) is 9.71. The van der Waals surface area contributed by atoms with Crippen LogP contribution in [0, 0.1) is 18.8 Å². The summed E-state index contributed by atoms with van der Waals surface area (Å²) >= 11 is 0. The van der Waals surface area contributed by atoms with Crippen molar-refractivity contribution in [1.82, 2.24) is 4.98 Å². The Hall–Kier alpha value is -0.550. The van der Waals surface area contributed by atoms with Gasteiger partial charge in [0.15, 0.2) is 0 Å². The van der Waals surface area contributed by atoms with Crippen molar-refractivity contribution in [3.05, 3.63) is 29.1 Å². The molecule has 144 valence electrons. The van der Waals surface area contributed by atoms with Crippen LogP contribution < -0.4 is 0 Å². The van der Waals surface area contributed by atoms with E-state index in [4.69, 9.17) is 9.05 Å². The van der Waals surface area contributed by atoms with Gasteiger partial charge in [0.1, 0.15) is 0 Å². The Morgan fingerprint density at radius 2 is 1.28 bits per heavy atom. The molecule has 1 rings (SSSR count). The second-order valence-corrected chi connectivity index (χ2v) is 10.8. The predicted molar refractivity (Wildman–Crippen MR) is 97.6 cm³/mol. The molecule has 25 heavy (non-hydrogen) atoms. The minimum Gasteiger partial charge on any atom is -0.324 e. The normalized spacial score (nSPS) is 16.8. The van der Waals surface area contributed by atoms with Gasteiger partial charge < -0.3 is 18.8 Å². The number of aryl methyl sites for hydroxylation is 1. The zero-order valence-corrected chi connectivity index (χ0v) is 17.3. The highest BCUT2D eigenvalue weighted by Gasteiger charge is 2.25. The molecule has 1 aromatic rings. The Kier molecular flexibility index (Phi) is 8.46. The number of pyridine rings is 1. The van der Waals surface area contributed by atoms with E-state index < -0.39 is 15.2 Å². The maximum atomic E-state index is 12.1. The molecule has 0 aliphatic carbocycles. The first-order chi connectivity index (χ1) is 11.4. The van der Waals surface area contributed by atoms with Crippen LogP contribution in [0.25, 0.3) is 0 Å². The van der Waals surface area contributed by atoms with Gasteiger partial charge in [-0.15, -0.1) is 0 Å². The lowest BCUT2D eigenvalue weighted by molar-refractivity contribution is 0.228. The summed E-state index contributed by atoms with van der Waals surface area (Å²) in [5.41, 5.74) is 1.50. The van der Waals surface area contributed by atoms with Crippen LogP contribution in [0.5, 0.6) is 0 Å². The van der Waals surface area contributed by atoms with Gasteiger partial charge in [-0.3, -0.25) is 14.1 Å². The van der Waals surface area contributed by atoms with Crippen LogP contribution in [0.15, 0.2) is 12.1 Å². The fourth-order valence-corrected chi connectivity index (χ4v) is 4.40. The van der Waals surface area contributed by atoms with Gasteiger partial charge >= 0.3 is 15.2 Å². The molecule has 0 saturated heterocycles. The van der Waals surface area contributed by atoms with E-state index in [0.29, 0.717) is 11.4 Å². The van der Waals surface area contributed by atoms with E-state index in [2.05, 4.69) is 4.98 Å². The summed E-state index contributed by atoms with van der Waals surface area (Å²) in [6, 6.07) is 3.34. The summed E-state index contributed by atoms with van der Waals surface area (Å²) in [5, 5.41) is 0. The molecule has 2 unspecified atom stereocenters. The van der Waals surface area contributed by atoms with Crippen LogP contribution in [-0.4, -0.2) is 28.0 Å². The average molecular weight is 393 g/mol. The number of hydrogen-bond acceptors (Lipinski definition) is 5. The zero-order chi connectivity index (χ0) is 19.3. The topological polar surface area (TPSA) is 106 Å². The first-order valence-electron chi connectivity index (χ1n) is 8.28. The second kappa shape index (κ2) is 9.40. The largest absolute Gasteiger partial charge is 0.334 e. The average Bonchev–Trinajstić information content (AvgIpc) is 2.41. The molecule has 0 aliphatic heterocycles. The third kappa shape index (κ3) is 9.64. The number of rotatable bonds is 10. The molecule has 1 heterocycles. The van der Waals surface area contributed by atoms with E-state index in [1.807, 2.05) is 27.7 Å². The molecule has 1 aromatic heterocycles. The van der Waals surface area contributed by atoms with Crippen molar-refractivity contribution in [1.29, 1.82) is 0 Å². The summed E-state index contributed by atoms with van der Waals surface area (Å²) in [6.07, 6.45) is -0.478. The molecule has 2 N–H and O–H groups in total. The quantitative estimate of drug-likeness (QED) is 0.576. The summed E-state index contributed by atoms with van der Waals surface area (Å²) in [4.78, 5) is 24.1. The van der Waals surface area contributed by atoms with Gasteiger partial charge in [0.25, 0.3) is 0 Å². The van der Waals surface area contributed by atoms with Crippen molar-refractivity contribution >= 4 is 15.2 Å². The lowest BCUT2D eigenvalue weighted by Gasteiger charge is -2.16. The van der Waals surface area contributed by atoms with Gasteiger partial charge in [-0.2, -0.15) is 0 Å². The van der Waals surface area contributed by atoms with Crippen molar-refractivity contribution in [3.63, 3.8) is 0 Å². The molecule has 7 nitrogen and oxygen atoms in total. The van der Waals surface area contributed by atoms with Crippen molar-refractivity contribution in [2.75, 3.05) is 13.2 Å². The van der Waals surface area contributed by atoms with E-state index in [0.717, 1.165) is 5.56 Å². The SMILES string of the molecule is Cc1cc(CP(=O)(O)OCC(C)C)nc(CP(=O)(O)OCC(C)C)c1. The Morgan fingerprint density at radius 1 is 0.920 bits per heavy atom. The lowest BCUT2D eigenvalue weighted by atomic mass is 10.2. The van der Waals surface area contributed by atoms with Gasteiger partial charge in [-0.05, 0) is 36.5 Å². The van der Waals surface area contributed by atoms with Crippen LogP contribution in [0.4, 0.5) is 0 Å². The van der Waals surface area contributed by atoms with Crippen molar-refractivity contribution in [2.45, 2.75) is 46.9 Å². The van der Waals surface area contributed by atoms with E-state index in [1.54, 1.807) is 19.1 Å². The fourth-order valence-electron chi connectivity index (χ4n) is 2.01. The van der Waals surface area contributed by atoms with Gasteiger partial charge in [0.05, 0.1) is 36.9 Å². The predicted octanol–water partition coefficient (Wildman–Crippen LogP) is 4.11. The molecular formula is C16H29NO6P2. The Balaban J connectivity index is 2.85. The Morgan fingerprint density at radius 3 is 1.60 bits per heavy atom. The maximum absolute atomic E-state index is 12.1. The van der Waals surface area contributed by atoms with Crippen LogP contribution in [-0.2, 0) is 30.5 Å². The van der Waals surface area contributed by atoms with Crippen LogP contribution in [0.2, 0.25) is 0 Å². The first-order valence-corrected chi connectivity index (χ1v) is 11.8. The van der Waals surface area contributed by atoms with Crippen LogP contribution >= 0.6 is 15.2 Å². The Bertz CT molecular complexity index is 610. The monoisotopic (exact) mass is 393 g/mol. The van der Waals surface area contributed by atoms with E-state index in [-0.39, 0.29) is 37.4 Å². The number of hydrogen-bond donors (Lipinski definition) is 2. The number of nitrogens with zero attached hydrogens (tertiary/aromatic N) is 1. The van der Waals surface area contributed by atoms with Gasteiger partial charge in [0.2, 0.25) is 0 Å². The second-order valence-electron chi connectivity index (χ2n) is 7.10. The van der Waals surface area contributed by atoms with E-state index >= 15 is 0 Å². The summed E-state index contributed by atoms with van der Waals surface area (Å²) < 4.78 is 34.4. The molecule has 0 bridgehead atoms. The van der Waals surface area contributed by atoms with E-state index in [9.17, 15) is 18.9 Å². The highest BCUT2D eigenvalue weighted by molar-refractivity contribution is 7.52. The summed E-state index contributed by atoms with van der Waals surface area (Å²) in [7, 11) is -7.62. The highest BCUT2D eigenvalue weighted by atomic mass is 31.2. The molecule has 0 radical (unpaired) electrons. The first kappa shape index (κ1) is 22.5. The molecule has 0 fully saturated rings. The van der Waals surface area contributed by atoms with Crippen LogP contribution in [0.1, 0.15) is 44.6 Å². The smallest absolute Gasteiger partial charge is 0.324 e.